The van der Waals surface area contributed by atoms with Crippen molar-refractivity contribution in [3.05, 3.63) is 34.1 Å². The minimum absolute atomic E-state index is 0.00566. The number of carbonyl (C=O) groups is 1. The van der Waals surface area contributed by atoms with Gasteiger partial charge in [0.05, 0.1) is 10.0 Å². The SMILES string of the molecule is CC(C)(CNC(=O)c1cccc(F)c1Br)/C(N)=N/O. The Balaban J connectivity index is 2.79. The number of carbonyl (C=O) groups excluding carboxylic acids is 1. The summed E-state index contributed by atoms with van der Waals surface area (Å²) in [5.41, 5.74) is 5.00. The zero-order valence-electron chi connectivity index (χ0n) is 10.6. The van der Waals surface area contributed by atoms with Crippen LogP contribution in [0.15, 0.2) is 27.8 Å². The Hall–Kier alpha value is -1.63. The molecule has 0 aliphatic rings. The molecule has 19 heavy (non-hydrogen) atoms. The fourth-order valence-electron chi connectivity index (χ4n) is 1.30. The summed E-state index contributed by atoms with van der Waals surface area (Å²) in [4.78, 5) is 11.9. The predicted molar refractivity (Wildman–Crippen MR) is 73.6 cm³/mol. The molecule has 104 valence electrons. The molecule has 5 nitrogen and oxygen atoms in total. The third-order valence-corrected chi connectivity index (χ3v) is 3.49. The third kappa shape index (κ3) is 3.66. The molecule has 7 heteroatoms. The summed E-state index contributed by atoms with van der Waals surface area (Å²) in [6.07, 6.45) is 0. The Morgan fingerprint density at radius 1 is 1.58 bits per heavy atom. The summed E-state index contributed by atoms with van der Waals surface area (Å²) >= 11 is 3.02. The molecule has 0 bridgehead atoms. The Bertz CT molecular complexity index is 518. The van der Waals surface area contributed by atoms with Crippen molar-refractivity contribution >= 4 is 27.7 Å². The van der Waals surface area contributed by atoms with Crippen LogP contribution in [-0.2, 0) is 0 Å². The average Bonchev–Trinajstić information content (AvgIpc) is 2.38. The van der Waals surface area contributed by atoms with Gasteiger partial charge >= 0.3 is 0 Å². The van der Waals surface area contributed by atoms with Crippen LogP contribution in [0.25, 0.3) is 0 Å². The molecular weight excluding hydrogens is 317 g/mol. The topological polar surface area (TPSA) is 87.7 Å². The molecule has 0 saturated heterocycles. The second kappa shape index (κ2) is 6.01. The summed E-state index contributed by atoms with van der Waals surface area (Å²) in [6.45, 7) is 3.58. The van der Waals surface area contributed by atoms with Crippen molar-refractivity contribution in [2.24, 2.45) is 16.3 Å². The normalized spacial score (nSPS) is 12.3. The van der Waals surface area contributed by atoms with Gasteiger partial charge in [0.15, 0.2) is 0 Å². The molecule has 0 aliphatic carbocycles. The highest BCUT2D eigenvalue weighted by Crippen LogP contribution is 2.21. The molecule has 1 rings (SSSR count). The molecule has 1 aromatic rings. The van der Waals surface area contributed by atoms with Crippen LogP contribution in [0.4, 0.5) is 4.39 Å². The lowest BCUT2D eigenvalue weighted by Crippen LogP contribution is -2.42. The number of oxime groups is 1. The first-order valence-electron chi connectivity index (χ1n) is 5.50. The Morgan fingerprint density at radius 3 is 2.79 bits per heavy atom. The third-order valence-electron chi connectivity index (χ3n) is 2.69. The van der Waals surface area contributed by atoms with Crippen molar-refractivity contribution in [1.29, 1.82) is 0 Å². The number of rotatable bonds is 4. The Labute approximate surface area is 118 Å². The first kappa shape index (κ1) is 15.4. The van der Waals surface area contributed by atoms with Gasteiger partial charge in [0.25, 0.3) is 5.91 Å². The maximum absolute atomic E-state index is 13.3. The summed E-state index contributed by atoms with van der Waals surface area (Å²) in [5.74, 6) is -0.945. The van der Waals surface area contributed by atoms with Crippen LogP contribution in [0.1, 0.15) is 24.2 Å². The van der Waals surface area contributed by atoms with Crippen LogP contribution in [0.3, 0.4) is 0 Å². The number of hydrogen-bond donors (Lipinski definition) is 3. The fourth-order valence-corrected chi connectivity index (χ4v) is 1.75. The van der Waals surface area contributed by atoms with E-state index in [-0.39, 0.29) is 22.4 Å². The molecule has 0 spiro atoms. The number of halogens is 2. The van der Waals surface area contributed by atoms with Crippen molar-refractivity contribution in [1.82, 2.24) is 5.32 Å². The first-order chi connectivity index (χ1) is 8.79. The van der Waals surface area contributed by atoms with E-state index in [1.807, 2.05) is 0 Å². The van der Waals surface area contributed by atoms with Crippen LogP contribution >= 0.6 is 15.9 Å². The van der Waals surface area contributed by atoms with Crippen LogP contribution < -0.4 is 11.1 Å². The van der Waals surface area contributed by atoms with Crippen LogP contribution in [-0.4, -0.2) is 23.5 Å². The van der Waals surface area contributed by atoms with E-state index in [9.17, 15) is 9.18 Å². The number of hydrogen-bond acceptors (Lipinski definition) is 3. The Morgan fingerprint density at radius 2 is 2.21 bits per heavy atom. The van der Waals surface area contributed by atoms with Crippen molar-refractivity contribution in [2.45, 2.75) is 13.8 Å². The van der Waals surface area contributed by atoms with Crippen LogP contribution in [0.5, 0.6) is 0 Å². The van der Waals surface area contributed by atoms with Gasteiger partial charge in [-0.1, -0.05) is 25.1 Å². The van der Waals surface area contributed by atoms with Gasteiger partial charge in [-0.3, -0.25) is 4.79 Å². The van der Waals surface area contributed by atoms with Gasteiger partial charge in [0.1, 0.15) is 11.7 Å². The number of benzene rings is 1. The first-order valence-corrected chi connectivity index (χ1v) is 6.29. The van der Waals surface area contributed by atoms with E-state index in [0.717, 1.165) is 0 Å². The lowest BCUT2D eigenvalue weighted by atomic mass is 9.92. The highest BCUT2D eigenvalue weighted by molar-refractivity contribution is 9.10. The summed E-state index contributed by atoms with van der Waals surface area (Å²) in [5, 5.41) is 14.2. The highest BCUT2D eigenvalue weighted by Gasteiger charge is 2.25. The largest absolute Gasteiger partial charge is 0.409 e. The lowest BCUT2D eigenvalue weighted by molar-refractivity contribution is 0.0943. The zero-order chi connectivity index (χ0) is 14.6. The number of nitrogens with two attached hydrogens (primary N) is 1. The summed E-state index contributed by atoms with van der Waals surface area (Å²) < 4.78 is 13.4. The predicted octanol–water partition coefficient (Wildman–Crippen LogP) is 2.09. The van der Waals surface area contributed by atoms with Crippen LogP contribution in [0, 0.1) is 11.2 Å². The van der Waals surface area contributed by atoms with E-state index in [1.165, 1.54) is 18.2 Å². The maximum Gasteiger partial charge on any atom is 0.252 e. The lowest BCUT2D eigenvalue weighted by Gasteiger charge is -2.23. The molecule has 0 saturated carbocycles. The van der Waals surface area contributed by atoms with Gasteiger partial charge in [-0.25, -0.2) is 4.39 Å². The van der Waals surface area contributed by atoms with E-state index in [0.29, 0.717) is 0 Å². The number of nitrogens with zero attached hydrogens (tertiary/aromatic N) is 1. The molecule has 1 aromatic carbocycles. The van der Waals surface area contributed by atoms with E-state index in [4.69, 9.17) is 10.9 Å². The second-order valence-corrected chi connectivity index (χ2v) is 5.45. The fraction of sp³-hybridized carbons (Fsp3) is 0.333. The number of nitrogens with one attached hydrogen (secondary N) is 1. The quantitative estimate of drug-likeness (QED) is 0.341. The standard InChI is InChI=1S/C12H15BrFN3O2/c1-12(2,11(15)17-19)6-16-10(18)7-4-3-5-8(14)9(7)13/h3-5,19H,6H2,1-2H3,(H2,15,17)(H,16,18). The number of amidine groups is 1. The van der Waals surface area contributed by atoms with Crippen LogP contribution in [0.2, 0.25) is 0 Å². The molecule has 0 unspecified atom stereocenters. The molecule has 1 amide bonds. The van der Waals surface area contributed by atoms with E-state index in [1.54, 1.807) is 13.8 Å². The van der Waals surface area contributed by atoms with Gasteiger partial charge in [-0.15, -0.1) is 0 Å². The second-order valence-electron chi connectivity index (χ2n) is 4.65. The van der Waals surface area contributed by atoms with Gasteiger partial charge in [-0.05, 0) is 28.1 Å². The minimum Gasteiger partial charge on any atom is -0.409 e. The van der Waals surface area contributed by atoms with Crippen molar-refractivity contribution in [3.8, 4) is 0 Å². The average molecular weight is 332 g/mol. The van der Waals surface area contributed by atoms with Crippen molar-refractivity contribution < 1.29 is 14.4 Å². The molecule has 0 aliphatic heterocycles. The molecular formula is C12H15BrFN3O2. The van der Waals surface area contributed by atoms with Gasteiger partial charge < -0.3 is 16.3 Å². The maximum atomic E-state index is 13.3. The molecule has 0 radical (unpaired) electrons. The molecule has 4 N–H and O–H groups in total. The summed E-state index contributed by atoms with van der Waals surface area (Å²) in [6, 6.07) is 4.20. The molecule has 0 heterocycles. The molecule has 0 aromatic heterocycles. The van der Waals surface area contributed by atoms with E-state index in [2.05, 4.69) is 26.4 Å². The number of amides is 1. The smallest absolute Gasteiger partial charge is 0.252 e. The Kier molecular flexibility index (Phi) is 4.88. The van der Waals surface area contributed by atoms with Gasteiger partial charge in [0.2, 0.25) is 0 Å². The van der Waals surface area contributed by atoms with E-state index >= 15 is 0 Å². The molecule has 0 fully saturated rings. The zero-order valence-corrected chi connectivity index (χ0v) is 12.2. The van der Waals surface area contributed by atoms with E-state index < -0.39 is 17.1 Å². The minimum atomic E-state index is -0.704. The summed E-state index contributed by atoms with van der Waals surface area (Å²) in [7, 11) is 0. The highest BCUT2D eigenvalue weighted by atomic mass is 79.9. The molecule has 0 atom stereocenters. The van der Waals surface area contributed by atoms with Crippen molar-refractivity contribution in [2.75, 3.05) is 6.54 Å². The van der Waals surface area contributed by atoms with Crippen molar-refractivity contribution in [3.63, 3.8) is 0 Å². The van der Waals surface area contributed by atoms with Gasteiger partial charge in [0, 0.05) is 12.0 Å². The van der Waals surface area contributed by atoms with Gasteiger partial charge in [-0.2, -0.15) is 0 Å². The monoisotopic (exact) mass is 331 g/mol.